The maximum atomic E-state index is 14.4. The predicted molar refractivity (Wildman–Crippen MR) is 164 cm³/mol. The van der Waals surface area contributed by atoms with E-state index in [9.17, 15) is 31.1 Å². The molecular formula is C33H30F6N8O. The number of likely N-dealkylation sites (tertiary alicyclic amines) is 1. The van der Waals surface area contributed by atoms with Gasteiger partial charge in [0.15, 0.2) is 5.82 Å². The summed E-state index contributed by atoms with van der Waals surface area (Å²) in [4.78, 5) is 21.6. The van der Waals surface area contributed by atoms with Crippen molar-refractivity contribution >= 4 is 17.5 Å². The number of hydrogen-bond acceptors (Lipinski definition) is 7. The second-order valence-electron chi connectivity index (χ2n) is 11.9. The molecule has 0 radical (unpaired) electrons. The summed E-state index contributed by atoms with van der Waals surface area (Å²) in [6.07, 6.45) is -5.47. The number of pyridine rings is 1. The predicted octanol–water partition coefficient (Wildman–Crippen LogP) is 7.05. The Bertz CT molecular complexity index is 1890. The summed E-state index contributed by atoms with van der Waals surface area (Å²) in [5.41, 5.74) is -1.14. The Morgan fingerprint density at radius 1 is 0.958 bits per heavy atom. The standard InChI is InChI=1S/C33H30F6N8O/c1-45-19-42-44-30(45)23-7-6-22(32(34,35)36)16-24(23)21-14-28(41-9-3-2-8-40)43-29(15-21)47-18-26-25(31(47)48)12-20(13-27(26)33(37,38)39)17-46-10-4-5-11-46/h6-7,12-16,19H,2-5,9-11,17-18H2,1H3,(H,41,43). The van der Waals surface area contributed by atoms with E-state index >= 15 is 0 Å². The number of nitrogens with one attached hydrogen (secondary N) is 1. The zero-order chi connectivity index (χ0) is 34.2. The topological polar surface area (TPSA) is 103 Å². The van der Waals surface area contributed by atoms with Crippen LogP contribution in [0.25, 0.3) is 22.5 Å². The molecule has 0 atom stereocenters. The van der Waals surface area contributed by atoms with Crippen molar-refractivity contribution < 1.29 is 31.1 Å². The van der Waals surface area contributed by atoms with Gasteiger partial charge in [0.25, 0.3) is 5.91 Å². The van der Waals surface area contributed by atoms with Gasteiger partial charge in [-0.2, -0.15) is 31.6 Å². The molecule has 0 unspecified atom stereocenters. The Balaban J connectivity index is 1.47. The van der Waals surface area contributed by atoms with E-state index in [0.29, 0.717) is 17.5 Å². The van der Waals surface area contributed by atoms with E-state index in [4.69, 9.17) is 5.26 Å². The number of halogens is 6. The van der Waals surface area contributed by atoms with Crippen molar-refractivity contribution in [3.05, 3.63) is 76.6 Å². The highest BCUT2D eigenvalue weighted by Gasteiger charge is 2.41. The molecule has 48 heavy (non-hydrogen) atoms. The van der Waals surface area contributed by atoms with E-state index in [2.05, 4.69) is 20.5 Å². The number of aromatic nitrogens is 4. The molecule has 2 aliphatic rings. The van der Waals surface area contributed by atoms with Gasteiger partial charge in [-0.25, -0.2) is 4.98 Å². The summed E-state index contributed by atoms with van der Waals surface area (Å²) < 4.78 is 86.6. The van der Waals surface area contributed by atoms with Crippen molar-refractivity contribution in [2.24, 2.45) is 7.05 Å². The molecular weight excluding hydrogens is 638 g/mol. The molecule has 2 aromatic carbocycles. The van der Waals surface area contributed by atoms with Crippen molar-refractivity contribution in [3.63, 3.8) is 0 Å². The summed E-state index contributed by atoms with van der Waals surface area (Å²) in [6.45, 7) is 1.62. The van der Waals surface area contributed by atoms with Gasteiger partial charge in [0.05, 0.1) is 23.7 Å². The molecule has 2 aromatic heterocycles. The Morgan fingerprint density at radius 2 is 1.73 bits per heavy atom. The van der Waals surface area contributed by atoms with Gasteiger partial charge in [0.2, 0.25) is 0 Å². The Morgan fingerprint density at radius 3 is 2.40 bits per heavy atom. The lowest BCUT2D eigenvalue weighted by molar-refractivity contribution is -0.138. The zero-order valence-electron chi connectivity index (χ0n) is 25.8. The maximum absolute atomic E-state index is 14.4. The highest BCUT2D eigenvalue weighted by atomic mass is 19.4. The van der Waals surface area contributed by atoms with Gasteiger partial charge in [0.1, 0.15) is 18.0 Å². The summed E-state index contributed by atoms with van der Waals surface area (Å²) in [5.74, 6) is -0.314. The Kier molecular flexibility index (Phi) is 8.86. The van der Waals surface area contributed by atoms with Crippen LogP contribution in [-0.2, 0) is 32.5 Å². The number of nitrogens with zero attached hydrogens (tertiary/aromatic N) is 7. The van der Waals surface area contributed by atoms with E-state index < -0.39 is 35.9 Å². The molecule has 2 aliphatic heterocycles. The highest BCUT2D eigenvalue weighted by molar-refractivity contribution is 6.10. The molecule has 1 N–H and O–H groups in total. The highest BCUT2D eigenvalue weighted by Crippen LogP contribution is 2.42. The van der Waals surface area contributed by atoms with Gasteiger partial charge >= 0.3 is 12.4 Å². The lowest BCUT2D eigenvalue weighted by Crippen LogP contribution is -2.24. The third-order valence-corrected chi connectivity index (χ3v) is 8.48. The van der Waals surface area contributed by atoms with Crippen LogP contribution >= 0.6 is 0 Å². The average Bonchev–Trinajstić information content (AvgIpc) is 3.79. The normalized spacial score (nSPS) is 15.2. The number of hydrogen-bond donors (Lipinski definition) is 1. The SMILES string of the molecule is Cn1cnnc1-c1ccc(C(F)(F)F)cc1-c1cc(NCCCC#N)nc(N2Cc3c(cc(CN4CCCC4)cc3C(F)(F)F)C2=O)c1. The molecule has 0 aliphatic carbocycles. The number of alkyl halides is 6. The quantitative estimate of drug-likeness (QED) is 0.151. The molecule has 0 bridgehead atoms. The van der Waals surface area contributed by atoms with Crippen LogP contribution < -0.4 is 10.2 Å². The molecule has 0 saturated carbocycles. The van der Waals surface area contributed by atoms with Crippen LogP contribution in [0.15, 0.2) is 48.8 Å². The van der Waals surface area contributed by atoms with E-state index in [1.807, 2.05) is 11.0 Å². The fourth-order valence-corrected chi connectivity index (χ4v) is 6.16. The first kappa shape index (κ1) is 33.0. The largest absolute Gasteiger partial charge is 0.416 e. The first-order valence-corrected chi connectivity index (χ1v) is 15.3. The number of benzene rings is 2. The minimum absolute atomic E-state index is 0.0490. The smallest absolute Gasteiger partial charge is 0.370 e. The van der Waals surface area contributed by atoms with Crippen molar-refractivity contribution in [3.8, 4) is 28.6 Å². The van der Waals surface area contributed by atoms with Crippen molar-refractivity contribution in [2.45, 2.75) is 51.1 Å². The van der Waals surface area contributed by atoms with E-state index in [1.165, 1.54) is 35.2 Å². The van der Waals surface area contributed by atoms with Crippen LogP contribution in [-0.4, -0.2) is 50.2 Å². The van der Waals surface area contributed by atoms with Gasteiger partial charge in [-0.15, -0.1) is 10.2 Å². The Labute approximate surface area is 271 Å². The number of unbranched alkanes of at least 4 members (excludes halogenated alkanes) is 1. The summed E-state index contributed by atoms with van der Waals surface area (Å²) in [5, 5.41) is 19.9. The third-order valence-electron chi connectivity index (χ3n) is 8.48. The fraction of sp³-hybridized carbons (Fsp3) is 0.364. The lowest BCUT2D eigenvalue weighted by Gasteiger charge is -2.20. The molecule has 9 nitrogen and oxygen atoms in total. The van der Waals surface area contributed by atoms with Gasteiger partial charge in [-0.1, -0.05) is 0 Å². The molecule has 4 aromatic rings. The summed E-state index contributed by atoms with van der Waals surface area (Å²) in [7, 11) is 1.63. The van der Waals surface area contributed by atoms with Crippen LogP contribution in [0.2, 0.25) is 0 Å². The molecule has 250 valence electrons. The molecule has 4 heterocycles. The lowest BCUT2D eigenvalue weighted by atomic mass is 9.96. The van der Waals surface area contributed by atoms with Crippen LogP contribution in [0.5, 0.6) is 0 Å². The summed E-state index contributed by atoms with van der Waals surface area (Å²) in [6, 6.07) is 10.7. The molecule has 0 spiro atoms. The third kappa shape index (κ3) is 6.70. The number of amides is 1. The van der Waals surface area contributed by atoms with Crippen LogP contribution in [0.3, 0.4) is 0 Å². The van der Waals surface area contributed by atoms with E-state index in [0.717, 1.165) is 49.0 Å². The van der Waals surface area contributed by atoms with Crippen molar-refractivity contribution in [2.75, 3.05) is 29.9 Å². The first-order valence-electron chi connectivity index (χ1n) is 15.3. The van der Waals surface area contributed by atoms with Gasteiger partial charge in [0, 0.05) is 37.7 Å². The summed E-state index contributed by atoms with van der Waals surface area (Å²) >= 11 is 0. The molecule has 1 amide bonds. The molecule has 6 rings (SSSR count). The number of carbonyl (C=O) groups excluding carboxylic acids is 1. The number of nitriles is 1. The minimum atomic E-state index is -4.73. The monoisotopic (exact) mass is 668 g/mol. The number of aryl methyl sites for hydroxylation is 1. The molecule has 1 fully saturated rings. The second-order valence-corrected chi connectivity index (χ2v) is 11.9. The number of fused-ring (bicyclic) bond motifs is 1. The fourth-order valence-electron chi connectivity index (χ4n) is 6.16. The van der Waals surface area contributed by atoms with Gasteiger partial charge in [-0.05, 0) is 97.1 Å². The first-order chi connectivity index (χ1) is 22.8. The number of rotatable bonds is 9. The second kappa shape index (κ2) is 12.9. The van der Waals surface area contributed by atoms with Crippen LogP contribution in [0.4, 0.5) is 38.0 Å². The van der Waals surface area contributed by atoms with Crippen molar-refractivity contribution in [1.82, 2.24) is 24.6 Å². The van der Waals surface area contributed by atoms with Crippen molar-refractivity contribution in [1.29, 1.82) is 5.26 Å². The molecule has 1 saturated heterocycles. The Hall–Kier alpha value is -4.97. The van der Waals surface area contributed by atoms with E-state index in [-0.39, 0.29) is 59.2 Å². The number of carbonyl (C=O) groups is 1. The van der Waals surface area contributed by atoms with Gasteiger partial charge in [-0.3, -0.25) is 14.6 Å². The molecule has 15 heteroatoms. The van der Waals surface area contributed by atoms with Crippen LogP contribution in [0.1, 0.15) is 58.3 Å². The van der Waals surface area contributed by atoms with E-state index in [1.54, 1.807) is 7.05 Å². The zero-order valence-corrected chi connectivity index (χ0v) is 25.8. The minimum Gasteiger partial charge on any atom is -0.370 e. The average molecular weight is 669 g/mol. The number of anilines is 2. The maximum Gasteiger partial charge on any atom is 0.416 e. The van der Waals surface area contributed by atoms with Crippen LogP contribution in [0, 0.1) is 11.3 Å². The van der Waals surface area contributed by atoms with Gasteiger partial charge < -0.3 is 9.88 Å².